The van der Waals surface area contributed by atoms with Gasteiger partial charge in [-0.2, -0.15) is 0 Å². The predicted octanol–water partition coefficient (Wildman–Crippen LogP) is 1.18. The monoisotopic (exact) mass is 251 g/mol. The smallest absolute Gasteiger partial charge is 0.216 e. The van der Waals surface area contributed by atoms with Crippen molar-refractivity contribution < 1.29 is 4.79 Å². The number of hydrogen-bond donors (Lipinski definition) is 3. The lowest BCUT2D eigenvalue weighted by Crippen LogP contribution is -2.26. The van der Waals surface area contributed by atoms with Crippen LogP contribution in [0.1, 0.15) is 18.1 Å². The van der Waals surface area contributed by atoms with Gasteiger partial charge in [-0.05, 0) is 24.6 Å². The average molecular weight is 251 g/mol. The Morgan fingerprint density at radius 1 is 1.41 bits per heavy atom. The molecule has 0 aromatic heterocycles. The summed E-state index contributed by atoms with van der Waals surface area (Å²) in [7, 11) is 0. The lowest BCUT2D eigenvalue weighted by atomic mass is 10.1. The third-order valence-electron chi connectivity index (χ3n) is 2.25. The third-order valence-corrected chi connectivity index (χ3v) is 2.47. The fourth-order valence-corrected chi connectivity index (χ4v) is 1.63. The largest absolute Gasteiger partial charge is 0.389 e. The minimum absolute atomic E-state index is 0.0365. The van der Waals surface area contributed by atoms with E-state index >= 15 is 0 Å². The molecule has 0 fully saturated rings. The van der Waals surface area contributed by atoms with Crippen LogP contribution < -0.4 is 16.4 Å². The Hall–Kier alpha value is -1.62. The van der Waals surface area contributed by atoms with Gasteiger partial charge >= 0.3 is 0 Å². The van der Waals surface area contributed by atoms with E-state index in [-0.39, 0.29) is 5.91 Å². The van der Waals surface area contributed by atoms with E-state index < -0.39 is 0 Å². The molecule has 0 bridgehead atoms. The zero-order chi connectivity index (χ0) is 12.8. The van der Waals surface area contributed by atoms with E-state index in [1.165, 1.54) is 6.92 Å². The third kappa shape index (κ3) is 4.40. The quantitative estimate of drug-likeness (QED) is 0.543. The van der Waals surface area contributed by atoms with Gasteiger partial charge in [-0.3, -0.25) is 4.79 Å². The Morgan fingerprint density at radius 3 is 2.71 bits per heavy atom. The van der Waals surface area contributed by atoms with E-state index in [1.807, 2.05) is 25.1 Å². The van der Waals surface area contributed by atoms with Gasteiger partial charge in [-0.15, -0.1) is 0 Å². The molecule has 0 saturated carbocycles. The maximum absolute atomic E-state index is 10.7. The first-order valence-corrected chi connectivity index (χ1v) is 5.80. The van der Waals surface area contributed by atoms with Crippen molar-refractivity contribution in [1.29, 1.82) is 0 Å². The van der Waals surface area contributed by atoms with E-state index in [2.05, 4.69) is 10.6 Å². The molecule has 0 atom stereocenters. The Balaban J connectivity index is 2.65. The summed E-state index contributed by atoms with van der Waals surface area (Å²) in [5.74, 6) is -0.0365. The lowest BCUT2D eigenvalue weighted by Gasteiger charge is -2.12. The first kappa shape index (κ1) is 13.4. The zero-order valence-electron chi connectivity index (χ0n) is 10.0. The highest BCUT2D eigenvalue weighted by Crippen LogP contribution is 2.17. The molecule has 5 heteroatoms. The van der Waals surface area contributed by atoms with E-state index in [1.54, 1.807) is 0 Å². The van der Waals surface area contributed by atoms with Gasteiger partial charge in [0.2, 0.25) is 5.91 Å². The highest BCUT2D eigenvalue weighted by Gasteiger charge is 2.04. The Morgan fingerprint density at radius 2 is 2.12 bits per heavy atom. The number of aryl methyl sites for hydroxylation is 1. The Kier molecular flexibility index (Phi) is 4.90. The molecule has 0 radical (unpaired) electrons. The van der Waals surface area contributed by atoms with Crippen molar-refractivity contribution in [3.05, 3.63) is 29.3 Å². The summed E-state index contributed by atoms with van der Waals surface area (Å²) in [6.45, 7) is 4.70. The molecule has 0 aliphatic carbocycles. The molecule has 1 aromatic carbocycles. The van der Waals surface area contributed by atoms with Crippen LogP contribution in [0.4, 0.5) is 5.69 Å². The van der Waals surface area contributed by atoms with E-state index in [0.717, 1.165) is 16.8 Å². The molecular formula is C12H17N3OS. The molecule has 0 spiro atoms. The second kappa shape index (κ2) is 6.20. The Labute approximate surface area is 107 Å². The molecule has 4 nitrogen and oxygen atoms in total. The second-order valence-corrected chi connectivity index (χ2v) is 4.26. The van der Waals surface area contributed by atoms with Gasteiger partial charge in [-0.25, -0.2) is 0 Å². The van der Waals surface area contributed by atoms with Crippen LogP contribution in [0.3, 0.4) is 0 Å². The highest BCUT2D eigenvalue weighted by atomic mass is 32.1. The van der Waals surface area contributed by atoms with Crippen LogP contribution in [0.15, 0.2) is 18.2 Å². The summed E-state index contributed by atoms with van der Waals surface area (Å²) in [5.41, 5.74) is 8.50. The van der Waals surface area contributed by atoms with E-state index in [0.29, 0.717) is 18.1 Å². The maximum atomic E-state index is 10.7. The number of carbonyl (C=O) groups is 1. The van der Waals surface area contributed by atoms with Crippen LogP contribution in [-0.2, 0) is 4.79 Å². The minimum atomic E-state index is -0.0365. The standard InChI is InChI=1S/C12H17N3OS/c1-8-3-4-10(12(13)17)11(7-8)15-6-5-14-9(2)16/h3-4,7,15H,5-6H2,1-2H3,(H2,13,17)(H,14,16). The first-order valence-electron chi connectivity index (χ1n) is 5.39. The first-order chi connectivity index (χ1) is 8.00. The predicted molar refractivity (Wildman–Crippen MR) is 74.2 cm³/mol. The van der Waals surface area contributed by atoms with Gasteiger partial charge < -0.3 is 16.4 Å². The highest BCUT2D eigenvalue weighted by molar-refractivity contribution is 7.80. The summed E-state index contributed by atoms with van der Waals surface area (Å²) in [5, 5.41) is 5.92. The van der Waals surface area contributed by atoms with Gasteiger partial charge in [0.05, 0.1) is 0 Å². The van der Waals surface area contributed by atoms with Crippen LogP contribution in [0.25, 0.3) is 0 Å². The summed E-state index contributed by atoms with van der Waals surface area (Å²) in [6.07, 6.45) is 0. The summed E-state index contributed by atoms with van der Waals surface area (Å²) in [4.78, 5) is 11.1. The van der Waals surface area contributed by atoms with Gasteiger partial charge in [0.25, 0.3) is 0 Å². The molecular weight excluding hydrogens is 234 g/mol. The van der Waals surface area contributed by atoms with Gasteiger partial charge in [0, 0.05) is 31.3 Å². The van der Waals surface area contributed by atoms with Crippen molar-refractivity contribution in [2.45, 2.75) is 13.8 Å². The molecule has 1 aromatic rings. The molecule has 0 aliphatic heterocycles. The van der Waals surface area contributed by atoms with Gasteiger partial charge in [-0.1, -0.05) is 18.3 Å². The molecule has 4 N–H and O–H groups in total. The molecule has 0 saturated heterocycles. The number of thiocarbonyl (C=S) groups is 1. The molecule has 0 unspecified atom stereocenters. The van der Waals surface area contributed by atoms with Crippen molar-refractivity contribution in [3.63, 3.8) is 0 Å². The van der Waals surface area contributed by atoms with Crippen LogP contribution in [0.2, 0.25) is 0 Å². The number of hydrogen-bond acceptors (Lipinski definition) is 3. The van der Waals surface area contributed by atoms with Crippen LogP contribution in [0, 0.1) is 6.92 Å². The van der Waals surface area contributed by atoms with Crippen molar-refractivity contribution >= 4 is 28.8 Å². The minimum Gasteiger partial charge on any atom is -0.389 e. The number of anilines is 1. The normalized spacial score (nSPS) is 9.76. The molecule has 1 rings (SSSR count). The summed E-state index contributed by atoms with van der Waals surface area (Å²) >= 11 is 4.98. The molecule has 92 valence electrons. The van der Waals surface area contributed by atoms with Gasteiger partial charge in [0.1, 0.15) is 4.99 Å². The zero-order valence-corrected chi connectivity index (χ0v) is 10.9. The lowest BCUT2D eigenvalue weighted by molar-refractivity contribution is -0.118. The number of amides is 1. The molecule has 0 aliphatic rings. The van der Waals surface area contributed by atoms with Crippen molar-refractivity contribution in [3.8, 4) is 0 Å². The topological polar surface area (TPSA) is 67.2 Å². The molecule has 0 heterocycles. The van der Waals surface area contributed by atoms with E-state index in [9.17, 15) is 4.79 Å². The van der Waals surface area contributed by atoms with Gasteiger partial charge in [0.15, 0.2) is 0 Å². The number of benzene rings is 1. The second-order valence-electron chi connectivity index (χ2n) is 3.82. The van der Waals surface area contributed by atoms with Crippen LogP contribution in [-0.4, -0.2) is 24.0 Å². The maximum Gasteiger partial charge on any atom is 0.216 e. The van der Waals surface area contributed by atoms with Crippen LogP contribution in [0.5, 0.6) is 0 Å². The number of nitrogens with one attached hydrogen (secondary N) is 2. The fraction of sp³-hybridized carbons (Fsp3) is 0.333. The summed E-state index contributed by atoms with van der Waals surface area (Å²) in [6, 6.07) is 5.86. The average Bonchev–Trinajstić information content (AvgIpc) is 2.23. The number of rotatable bonds is 5. The SMILES string of the molecule is CC(=O)NCCNc1cc(C)ccc1C(N)=S. The van der Waals surface area contributed by atoms with Crippen molar-refractivity contribution in [1.82, 2.24) is 5.32 Å². The van der Waals surface area contributed by atoms with E-state index in [4.69, 9.17) is 18.0 Å². The summed E-state index contributed by atoms with van der Waals surface area (Å²) < 4.78 is 0. The van der Waals surface area contributed by atoms with Crippen molar-refractivity contribution in [2.24, 2.45) is 5.73 Å². The van der Waals surface area contributed by atoms with Crippen molar-refractivity contribution in [2.75, 3.05) is 18.4 Å². The number of nitrogens with two attached hydrogens (primary N) is 1. The number of carbonyl (C=O) groups excluding carboxylic acids is 1. The Bertz CT molecular complexity index is 432. The van der Waals surface area contributed by atoms with Crippen LogP contribution >= 0.6 is 12.2 Å². The fourth-order valence-electron chi connectivity index (χ4n) is 1.45. The molecule has 1 amide bonds. The molecule has 17 heavy (non-hydrogen) atoms.